The summed E-state index contributed by atoms with van der Waals surface area (Å²) in [6.45, 7) is 1.74. The van der Waals surface area contributed by atoms with Crippen LogP contribution in [-0.2, 0) is 4.74 Å². The van der Waals surface area contributed by atoms with E-state index in [1.54, 1.807) is 36.5 Å². The van der Waals surface area contributed by atoms with Gasteiger partial charge in [-0.05, 0) is 49.2 Å². The molecule has 0 spiro atoms. The molecule has 164 valence electrons. The number of rotatable bonds is 6. The molecule has 32 heavy (non-hydrogen) atoms. The van der Waals surface area contributed by atoms with E-state index in [2.05, 4.69) is 15.3 Å². The van der Waals surface area contributed by atoms with Gasteiger partial charge in [-0.2, -0.15) is 5.10 Å². The number of non-ortho nitro benzene ring substituents is 1. The maximum atomic E-state index is 12.9. The number of ether oxygens (including phenoxy) is 1. The number of benzene rings is 2. The summed E-state index contributed by atoms with van der Waals surface area (Å²) in [4.78, 5) is 37.4. The van der Waals surface area contributed by atoms with Gasteiger partial charge in [0.25, 0.3) is 11.6 Å². The second-order valence-corrected chi connectivity index (χ2v) is 7.29. The first-order valence-corrected chi connectivity index (χ1v) is 10.1. The molecule has 0 atom stereocenters. The van der Waals surface area contributed by atoms with E-state index in [-0.39, 0.29) is 11.4 Å². The predicted octanol–water partition coefficient (Wildman–Crippen LogP) is 3.42. The summed E-state index contributed by atoms with van der Waals surface area (Å²) >= 11 is 0. The number of nitrogens with one attached hydrogen (secondary N) is 1. The van der Waals surface area contributed by atoms with E-state index >= 15 is 0 Å². The Morgan fingerprint density at radius 2 is 1.81 bits per heavy atom. The van der Waals surface area contributed by atoms with E-state index < -0.39 is 16.8 Å². The fraction of sp³-hybridized carbons (Fsp3) is 0.227. The number of anilines is 2. The van der Waals surface area contributed by atoms with Crippen LogP contribution >= 0.6 is 0 Å². The zero-order valence-corrected chi connectivity index (χ0v) is 17.4. The number of hydrogen-bond acceptors (Lipinski definition) is 7. The number of amides is 1. The number of aromatic nitrogens is 2. The fourth-order valence-electron chi connectivity index (χ4n) is 3.62. The molecule has 1 saturated heterocycles. The lowest BCUT2D eigenvalue weighted by Gasteiger charge is -2.22. The maximum Gasteiger partial charge on any atom is 0.337 e. The number of carbonyl (C=O) groups is 2. The molecule has 2 aromatic carbocycles. The van der Waals surface area contributed by atoms with Gasteiger partial charge in [-0.15, -0.1) is 0 Å². The lowest BCUT2D eigenvalue weighted by Crippen LogP contribution is -2.22. The standard InChI is InChI=1S/C22H21N5O5/c1-32-22(29)15-4-9-20(25-11-2-3-12-25)19(14-15)23-21(28)18-10-13-26(24-18)16-5-7-17(8-6-16)27(30)31/h4-10,13-14H,2-3,11-12H2,1H3,(H,23,28). The first-order valence-electron chi connectivity index (χ1n) is 10.1. The summed E-state index contributed by atoms with van der Waals surface area (Å²) in [6.07, 6.45) is 3.72. The predicted molar refractivity (Wildman–Crippen MR) is 117 cm³/mol. The number of methoxy groups -OCH3 is 1. The Morgan fingerprint density at radius 1 is 1.09 bits per heavy atom. The molecule has 1 aliphatic rings. The van der Waals surface area contributed by atoms with Crippen molar-refractivity contribution in [3.05, 3.63) is 76.1 Å². The highest BCUT2D eigenvalue weighted by Crippen LogP contribution is 2.30. The summed E-state index contributed by atoms with van der Waals surface area (Å²) in [5, 5.41) is 18.0. The largest absolute Gasteiger partial charge is 0.465 e. The van der Waals surface area contributed by atoms with Crippen LogP contribution in [0.5, 0.6) is 0 Å². The third-order valence-corrected chi connectivity index (χ3v) is 5.26. The van der Waals surface area contributed by atoms with Crippen molar-refractivity contribution in [1.29, 1.82) is 0 Å². The molecule has 1 amide bonds. The summed E-state index contributed by atoms with van der Waals surface area (Å²) in [5.74, 6) is -0.927. The molecule has 10 heteroatoms. The zero-order chi connectivity index (χ0) is 22.7. The lowest BCUT2D eigenvalue weighted by atomic mass is 10.1. The van der Waals surface area contributed by atoms with Gasteiger partial charge in [-0.25, -0.2) is 9.48 Å². The number of carbonyl (C=O) groups excluding carboxylic acids is 2. The molecule has 1 aromatic heterocycles. The first kappa shape index (κ1) is 21.0. The van der Waals surface area contributed by atoms with Crippen LogP contribution in [0, 0.1) is 10.1 Å². The molecule has 1 fully saturated rings. The van der Waals surface area contributed by atoms with Crippen LogP contribution in [-0.4, -0.2) is 46.8 Å². The van der Waals surface area contributed by atoms with Crippen LogP contribution < -0.4 is 10.2 Å². The third-order valence-electron chi connectivity index (χ3n) is 5.26. The number of nitro benzene ring substituents is 1. The van der Waals surface area contributed by atoms with E-state index in [9.17, 15) is 19.7 Å². The van der Waals surface area contributed by atoms with Gasteiger partial charge in [0, 0.05) is 31.4 Å². The van der Waals surface area contributed by atoms with E-state index in [0.717, 1.165) is 31.6 Å². The Kier molecular flexibility index (Phi) is 5.84. The average molecular weight is 435 g/mol. The average Bonchev–Trinajstić information content (AvgIpc) is 3.51. The minimum absolute atomic E-state index is 0.0289. The molecule has 0 radical (unpaired) electrons. The zero-order valence-electron chi connectivity index (χ0n) is 17.4. The minimum atomic E-state index is -0.490. The van der Waals surface area contributed by atoms with Crippen molar-refractivity contribution in [3.63, 3.8) is 0 Å². The second-order valence-electron chi connectivity index (χ2n) is 7.29. The Bertz CT molecular complexity index is 1170. The summed E-state index contributed by atoms with van der Waals surface area (Å²) < 4.78 is 6.26. The Labute approximate surface area is 183 Å². The van der Waals surface area contributed by atoms with Gasteiger partial charge < -0.3 is 15.0 Å². The third kappa shape index (κ3) is 4.29. The fourth-order valence-corrected chi connectivity index (χ4v) is 3.62. The van der Waals surface area contributed by atoms with Gasteiger partial charge in [-0.3, -0.25) is 14.9 Å². The molecule has 3 aromatic rings. The highest BCUT2D eigenvalue weighted by Gasteiger charge is 2.20. The molecule has 0 saturated carbocycles. The van der Waals surface area contributed by atoms with Gasteiger partial charge in [0.05, 0.1) is 34.7 Å². The molecule has 1 aliphatic heterocycles. The summed E-state index contributed by atoms with van der Waals surface area (Å²) in [7, 11) is 1.31. The number of nitrogens with zero attached hydrogens (tertiary/aromatic N) is 4. The monoisotopic (exact) mass is 435 g/mol. The Morgan fingerprint density at radius 3 is 2.47 bits per heavy atom. The molecule has 4 rings (SSSR count). The van der Waals surface area contributed by atoms with E-state index in [0.29, 0.717) is 16.9 Å². The molecule has 10 nitrogen and oxygen atoms in total. The van der Waals surface area contributed by atoms with E-state index in [1.807, 2.05) is 6.07 Å². The number of esters is 1. The van der Waals surface area contributed by atoms with Crippen molar-refractivity contribution < 1.29 is 19.2 Å². The van der Waals surface area contributed by atoms with Gasteiger partial charge in [-0.1, -0.05) is 0 Å². The van der Waals surface area contributed by atoms with Crippen molar-refractivity contribution in [1.82, 2.24) is 9.78 Å². The molecular weight excluding hydrogens is 414 g/mol. The molecule has 0 bridgehead atoms. The SMILES string of the molecule is COC(=O)c1ccc(N2CCCC2)c(NC(=O)c2ccn(-c3ccc([N+](=O)[O-])cc3)n2)c1. The molecule has 0 unspecified atom stereocenters. The first-order chi connectivity index (χ1) is 15.5. The van der Waals surface area contributed by atoms with Crippen LogP contribution in [0.4, 0.5) is 17.1 Å². The maximum absolute atomic E-state index is 12.9. The quantitative estimate of drug-likeness (QED) is 0.358. The van der Waals surface area contributed by atoms with Gasteiger partial charge in [0.15, 0.2) is 5.69 Å². The highest BCUT2D eigenvalue weighted by molar-refractivity contribution is 6.05. The Hall–Kier alpha value is -4.21. The van der Waals surface area contributed by atoms with Crippen LogP contribution in [0.3, 0.4) is 0 Å². The smallest absolute Gasteiger partial charge is 0.337 e. The van der Waals surface area contributed by atoms with Gasteiger partial charge in [0.2, 0.25) is 0 Å². The molecule has 2 heterocycles. The van der Waals surface area contributed by atoms with Crippen LogP contribution in [0.2, 0.25) is 0 Å². The number of hydrogen-bond donors (Lipinski definition) is 1. The van der Waals surface area contributed by atoms with E-state index in [1.165, 1.54) is 23.9 Å². The van der Waals surface area contributed by atoms with E-state index in [4.69, 9.17) is 4.74 Å². The summed E-state index contributed by atoms with van der Waals surface area (Å²) in [5.41, 5.74) is 2.39. The normalized spacial score (nSPS) is 13.1. The van der Waals surface area contributed by atoms with Crippen molar-refractivity contribution in [2.45, 2.75) is 12.8 Å². The van der Waals surface area contributed by atoms with Crippen LogP contribution in [0.25, 0.3) is 5.69 Å². The van der Waals surface area contributed by atoms with Gasteiger partial charge in [0.1, 0.15) is 0 Å². The topological polar surface area (TPSA) is 120 Å². The highest BCUT2D eigenvalue weighted by atomic mass is 16.6. The van der Waals surface area contributed by atoms with Crippen molar-refractivity contribution in [2.24, 2.45) is 0 Å². The van der Waals surface area contributed by atoms with Crippen molar-refractivity contribution in [2.75, 3.05) is 30.4 Å². The molecular formula is C22H21N5O5. The van der Waals surface area contributed by atoms with Crippen molar-refractivity contribution >= 4 is 28.9 Å². The Balaban J connectivity index is 1.58. The van der Waals surface area contributed by atoms with Gasteiger partial charge >= 0.3 is 5.97 Å². The molecule has 0 aliphatic carbocycles. The lowest BCUT2D eigenvalue weighted by molar-refractivity contribution is -0.384. The van der Waals surface area contributed by atoms with Crippen LogP contribution in [0.15, 0.2) is 54.7 Å². The van der Waals surface area contributed by atoms with Crippen molar-refractivity contribution in [3.8, 4) is 5.69 Å². The number of nitro groups is 1. The minimum Gasteiger partial charge on any atom is -0.465 e. The molecule has 1 N–H and O–H groups in total. The second kappa shape index (κ2) is 8.88. The summed E-state index contributed by atoms with van der Waals surface area (Å²) in [6, 6.07) is 12.5. The van der Waals surface area contributed by atoms with Crippen LogP contribution in [0.1, 0.15) is 33.7 Å².